The summed E-state index contributed by atoms with van der Waals surface area (Å²) in [5, 5.41) is 15.4. The average molecular weight is 323 g/mol. The number of hydrogen-bond donors (Lipinski definition) is 1. The molecule has 0 aliphatic heterocycles. The number of amides is 1. The van der Waals surface area contributed by atoms with Gasteiger partial charge in [-0.25, -0.2) is 4.52 Å². The fraction of sp³-hybridized carbons (Fsp3) is 0.333. The number of nitrogens with one attached hydrogen (secondary N) is 1. The van der Waals surface area contributed by atoms with Crippen LogP contribution in [0.3, 0.4) is 0 Å². The highest BCUT2D eigenvalue weighted by Gasteiger charge is 2.13. The molecule has 0 saturated carbocycles. The minimum absolute atomic E-state index is 0.00314. The van der Waals surface area contributed by atoms with Gasteiger partial charge in [-0.1, -0.05) is 19.1 Å². The summed E-state index contributed by atoms with van der Waals surface area (Å²) in [7, 11) is 0. The van der Waals surface area contributed by atoms with Crippen molar-refractivity contribution in [2.24, 2.45) is 0 Å². The normalized spacial score (nSPS) is 11.0. The Morgan fingerprint density at radius 2 is 2.12 bits per heavy atom. The van der Waals surface area contributed by atoms with Crippen LogP contribution in [0.5, 0.6) is 0 Å². The number of anilines is 1. The highest BCUT2D eigenvalue weighted by atomic mass is 16.1. The minimum atomic E-state index is 0.00314. The first kappa shape index (κ1) is 16.1. The van der Waals surface area contributed by atoms with Crippen molar-refractivity contribution in [1.29, 1.82) is 0 Å². The van der Waals surface area contributed by atoms with Crippen LogP contribution in [0.2, 0.25) is 0 Å². The molecule has 6 heteroatoms. The number of carbonyl (C=O) groups is 1. The number of aromatic nitrogens is 4. The third kappa shape index (κ3) is 3.27. The minimum Gasteiger partial charge on any atom is -0.326 e. The third-order valence-corrected chi connectivity index (χ3v) is 4.23. The Morgan fingerprint density at radius 3 is 2.92 bits per heavy atom. The number of nitrogens with zero attached hydrogens (tertiary/aromatic N) is 4. The van der Waals surface area contributed by atoms with Gasteiger partial charge in [0.2, 0.25) is 5.91 Å². The molecule has 0 bridgehead atoms. The summed E-state index contributed by atoms with van der Waals surface area (Å²) in [6, 6.07) is 7.95. The number of fused-ring (bicyclic) bond motifs is 1. The van der Waals surface area contributed by atoms with Crippen molar-refractivity contribution in [3.05, 3.63) is 53.0 Å². The van der Waals surface area contributed by atoms with E-state index < -0.39 is 0 Å². The van der Waals surface area contributed by atoms with Crippen molar-refractivity contribution in [3.63, 3.8) is 0 Å². The molecule has 24 heavy (non-hydrogen) atoms. The van der Waals surface area contributed by atoms with E-state index >= 15 is 0 Å². The zero-order valence-electron chi connectivity index (χ0n) is 14.2. The lowest BCUT2D eigenvalue weighted by Gasteiger charge is -2.10. The summed E-state index contributed by atoms with van der Waals surface area (Å²) in [5.41, 5.74) is 5.79. The van der Waals surface area contributed by atoms with Gasteiger partial charge in [0.25, 0.3) is 0 Å². The number of hydrogen-bond acceptors (Lipinski definition) is 4. The standard InChI is InChI=1S/C18H21N5O/c1-4-14-6-5-7-15(10-14)20-17(24)9-8-16-12(2)18-21-19-11-23(18)22-13(16)3/h5-7,10-11H,4,8-9H2,1-3H3,(H,20,24). The maximum absolute atomic E-state index is 12.3. The van der Waals surface area contributed by atoms with Gasteiger partial charge in [0.05, 0.1) is 5.69 Å². The molecule has 2 aromatic heterocycles. The molecular weight excluding hydrogens is 302 g/mol. The van der Waals surface area contributed by atoms with Crippen LogP contribution in [0, 0.1) is 13.8 Å². The first-order valence-corrected chi connectivity index (χ1v) is 8.13. The largest absolute Gasteiger partial charge is 0.326 e. The second-order valence-electron chi connectivity index (χ2n) is 5.89. The molecule has 1 aromatic carbocycles. The number of aryl methyl sites for hydroxylation is 3. The van der Waals surface area contributed by atoms with Crippen LogP contribution < -0.4 is 5.32 Å². The quantitative estimate of drug-likeness (QED) is 0.783. The SMILES string of the molecule is CCc1cccc(NC(=O)CCc2c(C)nn3cnnc3c2C)c1. The van der Waals surface area contributed by atoms with Crippen molar-refractivity contribution in [1.82, 2.24) is 19.8 Å². The molecule has 124 valence electrons. The molecule has 3 rings (SSSR count). The van der Waals surface area contributed by atoms with Crippen LogP contribution in [-0.2, 0) is 17.6 Å². The maximum Gasteiger partial charge on any atom is 0.224 e. The van der Waals surface area contributed by atoms with Crippen LogP contribution in [-0.4, -0.2) is 25.7 Å². The molecule has 1 N–H and O–H groups in total. The predicted octanol–water partition coefficient (Wildman–Crippen LogP) is 2.87. The van der Waals surface area contributed by atoms with E-state index in [4.69, 9.17) is 0 Å². The lowest BCUT2D eigenvalue weighted by Crippen LogP contribution is -2.14. The Morgan fingerprint density at radius 1 is 1.29 bits per heavy atom. The second-order valence-corrected chi connectivity index (χ2v) is 5.89. The molecule has 3 aromatic rings. The van der Waals surface area contributed by atoms with E-state index in [0.717, 1.165) is 34.6 Å². The zero-order chi connectivity index (χ0) is 17.1. The van der Waals surface area contributed by atoms with Gasteiger partial charge >= 0.3 is 0 Å². The van der Waals surface area contributed by atoms with E-state index in [9.17, 15) is 4.79 Å². The summed E-state index contributed by atoms with van der Waals surface area (Å²) < 4.78 is 1.67. The van der Waals surface area contributed by atoms with Gasteiger partial charge in [-0.2, -0.15) is 5.10 Å². The Bertz CT molecular complexity index is 884. The number of carbonyl (C=O) groups excluding carboxylic acids is 1. The van der Waals surface area contributed by atoms with Crippen LogP contribution in [0.1, 0.15) is 35.7 Å². The molecule has 6 nitrogen and oxygen atoms in total. The van der Waals surface area contributed by atoms with Crippen molar-refractivity contribution in [2.75, 3.05) is 5.32 Å². The van der Waals surface area contributed by atoms with Crippen molar-refractivity contribution in [3.8, 4) is 0 Å². The van der Waals surface area contributed by atoms with Gasteiger partial charge in [-0.15, -0.1) is 10.2 Å². The van der Waals surface area contributed by atoms with Gasteiger partial charge in [0.15, 0.2) is 5.65 Å². The van der Waals surface area contributed by atoms with Crippen LogP contribution >= 0.6 is 0 Å². The van der Waals surface area contributed by atoms with Crippen molar-refractivity contribution < 1.29 is 4.79 Å². The molecule has 1 amide bonds. The predicted molar refractivity (Wildman–Crippen MR) is 93.0 cm³/mol. The summed E-state index contributed by atoms with van der Waals surface area (Å²) in [5.74, 6) is 0.00314. The number of rotatable bonds is 5. The zero-order valence-corrected chi connectivity index (χ0v) is 14.2. The smallest absolute Gasteiger partial charge is 0.224 e. The van der Waals surface area contributed by atoms with Gasteiger partial charge in [-0.05, 0) is 49.9 Å². The fourth-order valence-corrected chi connectivity index (χ4v) is 2.88. The van der Waals surface area contributed by atoms with Crippen LogP contribution in [0.15, 0.2) is 30.6 Å². The van der Waals surface area contributed by atoms with E-state index in [1.807, 2.05) is 32.0 Å². The molecule has 0 atom stereocenters. The lowest BCUT2D eigenvalue weighted by atomic mass is 10.0. The Balaban J connectivity index is 1.70. The molecule has 0 spiro atoms. The molecule has 0 unspecified atom stereocenters. The summed E-state index contributed by atoms with van der Waals surface area (Å²) in [6.45, 7) is 6.04. The van der Waals surface area contributed by atoms with Gasteiger partial charge in [-0.3, -0.25) is 4.79 Å². The van der Waals surface area contributed by atoms with Crippen LogP contribution in [0.25, 0.3) is 5.65 Å². The average Bonchev–Trinajstić information content (AvgIpc) is 3.03. The van der Waals surface area contributed by atoms with E-state index in [0.29, 0.717) is 12.8 Å². The molecule has 0 radical (unpaired) electrons. The molecule has 0 fully saturated rings. The molecule has 2 heterocycles. The van der Waals surface area contributed by atoms with Crippen molar-refractivity contribution >= 4 is 17.2 Å². The lowest BCUT2D eigenvalue weighted by molar-refractivity contribution is -0.116. The molecule has 0 aliphatic rings. The molecule has 0 aliphatic carbocycles. The highest BCUT2D eigenvalue weighted by Crippen LogP contribution is 2.18. The van der Waals surface area contributed by atoms with E-state index in [2.05, 4.69) is 33.6 Å². The summed E-state index contributed by atoms with van der Waals surface area (Å²) >= 11 is 0. The number of benzene rings is 1. The Hall–Kier alpha value is -2.76. The Kier molecular flexibility index (Phi) is 4.55. The topological polar surface area (TPSA) is 72.2 Å². The van der Waals surface area contributed by atoms with Gasteiger partial charge in [0.1, 0.15) is 6.33 Å². The summed E-state index contributed by atoms with van der Waals surface area (Å²) in [4.78, 5) is 12.3. The van der Waals surface area contributed by atoms with E-state index in [-0.39, 0.29) is 5.91 Å². The van der Waals surface area contributed by atoms with E-state index in [1.165, 1.54) is 5.56 Å². The third-order valence-electron chi connectivity index (χ3n) is 4.23. The summed E-state index contributed by atoms with van der Waals surface area (Å²) in [6.07, 6.45) is 3.58. The van der Waals surface area contributed by atoms with Crippen LogP contribution in [0.4, 0.5) is 5.69 Å². The van der Waals surface area contributed by atoms with Gasteiger partial charge < -0.3 is 5.32 Å². The monoisotopic (exact) mass is 323 g/mol. The molecule has 0 saturated heterocycles. The van der Waals surface area contributed by atoms with E-state index in [1.54, 1.807) is 10.8 Å². The van der Waals surface area contributed by atoms with Gasteiger partial charge in [0, 0.05) is 17.7 Å². The first-order chi connectivity index (χ1) is 11.6. The van der Waals surface area contributed by atoms with Crippen molar-refractivity contribution in [2.45, 2.75) is 40.0 Å². The maximum atomic E-state index is 12.3. The molecular formula is C18H21N5O. The second kappa shape index (κ2) is 6.78. The fourth-order valence-electron chi connectivity index (χ4n) is 2.88. The highest BCUT2D eigenvalue weighted by molar-refractivity contribution is 5.91. The first-order valence-electron chi connectivity index (χ1n) is 8.13. The Labute approximate surface area is 140 Å².